The number of amides is 2. The van der Waals surface area contributed by atoms with E-state index >= 15 is 0 Å². The Bertz CT molecular complexity index is 970. The van der Waals surface area contributed by atoms with E-state index in [1.807, 2.05) is 53.6 Å². The van der Waals surface area contributed by atoms with Crippen LogP contribution in [0.3, 0.4) is 0 Å². The molecule has 27 heavy (non-hydrogen) atoms. The molecular weight excluding hydrogens is 338 g/mol. The molecule has 0 bridgehead atoms. The predicted molar refractivity (Wildman–Crippen MR) is 105 cm³/mol. The van der Waals surface area contributed by atoms with E-state index in [2.05, 4.69) is 16.7 Å². The highest BCUT2D eigenvalue weighted by atomic mass is 16.2. The van der Waals surface area contributed by atoms with Gasteiger partial charge in [0.2, 0.25) is 5.91 Å². The Labute approximate surface area is 158 Å². The van der Waals surface area contributed by atoms with Gasteiger partial charge in [-0.15, -0.1) is 0 Å². The molecule has 1 aliphatic rings. The molecule has 5 heteroatoms. The molecule has 2 N–H and O–H groups in total. The first-order chi connectivity index (χ1) is 13.1. The third-order valence-electron chi connectivity index (χ3n) is 5.40. The molecule has 1 aromatic heterocycles. The fourth-order valence-corrected chi connectivity index (χ4v) is 3.87. The van der Waals surface area contributed by atoms with Crippen molar-refractivity contribution in [2.45, 2.75) is 19.4 Å². The minimum absolute atomic E-state index is 0.0286. The third-order valence-corrected chi connectivity index (χ3v) is 5.40. The number of nitrogens with two attached hydrogens (primary N) is 1. The lowest BCUT2D eigenvalue weighted by atomic mass is 9.96. The molecule has 3 aromatic rings. The van der Waals surface area contributed by atoms with Crippen molar-refractivity contribution in [3.8, 4) is 0 Å². The summed E-state index contributed by atoms with van der Waals surface area (Å²) in [6.07, 6.45) is 3.24. The number of hydrogen-bond donors (Lipinski definition) is 1. The molecule has 1 saturated heterocycles. The Morgan fingerprint density at radius 3 is 2.33 bits per heavy atom. The van der Waals surface area contributed by atoms with Gasteiger partial charge in [0.15, 0.2) is 0 Å². The molecule has 0 aliphatic carbocycles. The number of aromatic nitrogens is 1. The molecule has 2 heterocycles. The third kappa shape index (κ3) is 3.45. The maximum absolute atomic E-state index is 13.2. The normalized spacial score (nSPS) is 15.2. The summed E-state index contributed by atoms with van der Waals surface area (Å²) in [5.41, 5.74) is 8.37. The second-order valence-electron chi connectivity index (χ2n) is 7.14. The lowest BCUT2D eigenvalue weighted by Gasteiger charge is -2.30. The van der Waals surface area contributed by atoms with Crippen LogP contribution < -0.4 is 5.73 Å². The summed E-state index contributed by atoms with van der Waals surface area (Å²) in [6, 6.07) is 18.2. The van der Waals surface area contributed by atoms with E-state index in [1.165, 1.54) is 5.56 Å². The fourth-order valence-electron chi connectivity index (χ4n) is 3.87. The van der Waals surface area contributed by atoms with E-state index in [4.69, 9.17) is 5.73 Å². The molecule has 0 atom stereocenters. The predicted octanol–water partition coefficient (Wildman–Crippen LogP) is 3.03. The molecule has 4 rings (SSSR count). The summed E-state index contributed by atoms with van der Waals surface area (Å²) >= 11 is 0. The van der Waals surface area contributed by atoms with Gasteiger partial charge in [-0.3, -0.25) is 9.59 Å². The van der Waals surface area contributed by atoms with Crippen molar-refractivity contribution in [1.29, 1.82) is 0 Å². The summed E-state index contributed by atoms with van der Waals surface area (Å²) in [6.45, 7) is 1.87. The average Bonchev–Trinajstić information content (AvgIpc) is 3.07. The van der Waals surface area contributed by atoms with Crippen LogP contribution in [-0.2, 0) is 11.3 Å². The van der Waals surface area contributed by atoms with Crippen LogP contribution >= 0.6 is 0 Å². The van der Waals surface area contributed by atoms with Gasteiger partial charge in [-0.2, -0.15) is 0 Å². The van der Waals surface area contributed by atoms with Crippen molar-refractivity contribution in [2.24, 2.45) is 11.7 Å². The number of hydrogen-bond acceptors (Lipinski definition) is 2. The SMILES string of the molecule is NC(=O)C1CCN(C(=O)c2cn(Cc3ccccc3)c3ccccc23)CC1. The molecular formula is C22H23N3O2. The van der Waals surface area contributed by atoms with Crippen LogP contribution in [0.1, 0.15) is 28.8 Å². The van der Waals surface area contributed by atoms with E-state index in [9.17, 15) is 9.59 Å². The number of nitrogens with zero attached hydrogens (tertiary/aromatic N) is 2. The number of piperidine rings is 1. The van der Waals surface area contributed by atoms with Gasteiger partial charge in [0, 0.05) is 42.7 Å². The minimum Gasteiger partial charge on any atom is -0.369 e. The Morgan fingerprint density at radius 2 is 1.63 bits per heavy atom. The van der Waals surface area contributed by atoms with Crippen LogP contribution in [0.25, 0.3) is 10.9 Å². The molecule has 1 aliphatic heterocycles. The Hall–Kier alpha value is -3.08. The van der Waals surface area contributed by atoms with Crippen molar-refractivity contribution in [3.63, 3.8) is 0 Å². The number of benzene rings is 2. The van der Waals surface area contributed by atoms with Crippen molar-refractivity contribution >= 4 is 22.7 Å². The van der Waals surface area contributed by atoms with Gasteiger partial charge < -0.3 is 15.2 Å². The highest BCUT2D eigenvalue weighted by Gasteiger charge is 2.28. The van der Waals surface area contributed by atoms with Crippen LogP contribution in [0.5, 0.6) is 0 Å². The van der Waals surface area contributed by atoms with Crippen molar-refractivity contribution in [3.05, 3.63) is 71.9 Å². The smallest absolute Gasteiger partial charge is 0.256 e. The van der Waals surface area contributed by atoms with Gasteiger partial charge in [0.25, 0.3) is 5.91 Å². The number of rotatable bonds is 4. The molecule has 0 spiro atoms. The molecule has 0 unspecified atom stereocenters. The summed E-state index contributed by atoms with van der Waals surface area (Å²) < 4.78 is 2.13. The summed E-state index contributed by atoms with van der Waals surface area (Å²) in [5, 5.41) is 0.968. The van der Waals surface area contributed by atoms with Crippen LogP contribution in [0.15, 0.2) is 60.8 Å². The van der Waals surface area contributed by atoms with E-state index < -0.39 is 0 Å². The highest BCUT2D eigenvalue weighted by molar-refractivity contribution is 6.07. The van der Waals surface area contributed by atoms with E-state index in [-0.39, 0.29) is 17.7 Å². The molecule has 2 aromatic carbocycles. The summed E-state index contributed by atoms with van der Waals surface area (Å²) in [7, 11) is 0. The van der Waals surface area contributed by atoms with Gasteiger partial charge in [-0.05, 0) is 24.5 Å². The Balaban J connectivity index is 1.62. The van der Waals surface area contributed by atoms with Gasteiger partial charge in [0.05, 0.1) is 5.56 Å². The van der Waals surface area contributed by atoms with Crippen LogP contribution in [-0.4, -0.2) is 34.4 Å². The lowest BCUT2D eigenvalue weighted by Crippen LogP contribution is -2.41. The standard InChI is InChI=1S/C22H23N3O2/c23-21(26)17-10-12-24(13-11-17)22(27)19-15-25(14-16-6-2-1-3-7-16)20-9-5-4-8-18(19)20/h1-9,15,17H,10-14H2,(H2,23,26). The molecule has 0 radical (unpaired) electrons. The van der Waals surface area contributed by atoms with Gasteiger partial charge in [0.1, 0.15) is 0 Å². The zero-order chi connectivity index (χ0) is 18.8. The van der Waals surface area contributed by atoms with E-state index in [1.54, 1.807) is 0 Å². The van der Waals surface area contributed by atoms with Crippen LogP contribution in [0, 0.1) is 5.92 Å². The Morgan fingerprint density at radius 1 is 0.963 bits per heavy atom. The number of para-hydroxylation sites is 1. The number of carbonyl (C=O) groups excluding carboxylic acids is 2. The zero-order valence-electron chi connectivity index (χ0n) is 15.2. The maximum atomic E-state index is 13.2. The fraction of sp³-hybridized carbons (Fsp3) is 0.273. The molecule has 0 saturated carbocycles. The highest BCUT2D eigenvalue weighted by Crippen LogP contribution is 2.26. The largest absolute Gasteiger partial charge is 0.369 e. The monoisotopic (exact) mass is 361 g/mol. The maximum Gasteiger partial charge on any atom is 0.256 e. The Kier molecular flexibility index (Phi) is 4.67. The first kappa shape index (κ1) is 17.3. The zero-order valence-corrected chi connectivity index (χ0v) is 15.2. The molecule has 1 fully saturated rings. The quantitative estimate of drug-likeness (QED) is 0.776. The van der Waals surface area contributed by atoms with Gasteiger partial charge in [-0.1, -0.05) is 48.5 Å². The average molecular weight is 361 g/mol. The second-order valence-corrected chi connectivity index (χ2v) is 7.14. The van der Waals surface area contributed by atoms with Gasteiger partial charge in [-0.25, -0.2) is 0 Å². The van der Waals surface area contributed by atoms with Gasteiger partial charge >= 0.3 is 0 Å². The summed E-state index contributed by atoms with van der Waals surface area (Å²) in [4.78, 5) is 26.4. The van der Waals surface area contributed by atoms with Crippen molar-refractivity contribution in [1.82, 2.24) is 9.47 Å². The molecule has 138 valence electrons. The topological polar surface area (TPSA) is 68.3 Å². The summed E-state index contributed by atoms with van der Waals surface area (Å²) in [5.74, 6) is -0.351. The van der Waals surface area contributed by atoms with E-state index in [0.717, 1.165) is 23.0 Å². The first-order valence-corrected chi connectivity index (χ1v) is 9.34. The van der Waals surface area contributed by atoms with Crippen molar-refractivity contribution < 1.29 is 9.59 Å². The van der Waals surface area contributed by atoms with Crippen LogP contribution in [0.4, 0.5) is 0 Å². The second kappa shape index (κ2) is 7.27. The van der Waals surface area contributed by atoms with Crippen molar-refractivity contribution in [2.75, 3.05) is 13.1 Å². The number of primary amides is 1. The lowest BCUT2D eigenvalue weighted by molar-refractivity contribution is -0.123. The number of fused-ring (bicyclic) bond motifs is 1. The minimum atomic E-state index is -0.262. The number of carbonyl (C=O) groups is 2. The molecule has 5 nitrogen and oxygen atoms in total. The van der Waals surface area contributed by atoms with E-state index in [0.29, 0.717) is 25.9 Å². The first-order valence-electron chi connectivity index (χ1n) is 9.34. The molecule has 2 amide bonds. The number of likely N-dealkylation sites (tertiary alicyclic amines) is 1. The van der Waals surface area contributed by atoms with Crippen LogP contribution in [0.2, 0.25) is 0 Å².